The van der Waals surface area contributed by atoms with Crippen molar-refractivity contribution in [1.29, 1.82) is 0 Å². The molecule has 3 unspecified atom stereocenters. The molecule has 9 heteroatoms. The second-order valence-corrected chi connectivity index (χ2v) is 11.8. The lowest BCUT2D eigenvalue weighted by Gasteiger charge is -2.39. The summed E-state index contributed by atoms with van der Waals surface area (Å²) in [7, 11) is 1.69. The van der Waals surface area contributed by atoms with E-state index in [4.69, 9.17) is 16.3 Å². The van der Waals surface area contributed by atoms with Crippen LogP contribution in [0.5, 0.6) is 0 Å². The van der Waals surface area contributed by atoms with Gasteiger partial charge in [0, 0.05) is 20.1 Å². The number of aliphatic hydroxyl groups excluding tert-OH is 1. The zero-order valence-electron chi connectivity index (χ0n) is 23.5. The lowest BCUT2D eigenvalue weighted by atomic mass is 9.62. The van der Waals surface area contributed by atoms with Crippen molar-refractivity contribution in [2.24, 2.45) is 17.8 Å². The van der Waals surface area contributed by atoms with E-state index in [2.05, 4.69) is 13.2 Å². The molecule has 212 valence electrons. The van der Waals surface area contributed by atoms with Crippen LogP contribution in [0.15, 0.2) is 43.5 Å². The molecule has 3 amide bonds. The molecule has 0 aromatic heterocycles. The molecule has 8 nitrogen and oxygen atoms in total. The van der Waals surface area contributed by atoms with Crippen molar-refractivity contribution in [2.45, 2.75) is 63.8 Å². The number of hydrogen-bond acceptors (Lipinski definition) is 5. The minimum atomic E-state index is -1.23. The number of rotatable bonds is 10. The number of hydrogen-bond donors (Lipinski definition) is 1. The van der Waals surface area contributed by atoms with Crippen LogP contribution in [0.1, 0.15) is 39.2 Å². The maximum absolute atomic E-state index is 14.7. The van der Waals surface area contributed by atoms with Gasteiger partial charge in [0.25, 0.3) is 5.91 Å². The first-order chi connectivity index (χ1) is 18.4. The smallest absolute Gasteiger partial charge is 0.253 e. The van der Waals surface area contributed by atoms with E-state index in [1.165, 1.54) is 4.90 Å². The van der Waals surface area contributed by atoms with Gasteiger partial charge in [0.15, 0.2) is 0 Å². The van der Waals surface area contributed by atoms with Crippen molar-refractivity contribution in [3.05, 3.63) is 54.1 Å². The first-order valence-electron chi connectivity index (χ1n) is 13.6. The fraction of sp³-hybridized carbons (Fsp3) is 0.567. The van der Waals surface area contributed by atoms with E-state index in [9.17, 15) is 19.5 Å². The van der Waals surface area contributed by atoms with E-state index < -0.39 is 35.1 Å². The van der Waals surface area contributed by atoms with Gasteiger partial charge in [-0.1, -0.05) is 49.7 Å². The van der Waals surface area contributed by atoms with Crippen LogP contribution in [0.4, 0.5) is 5.69 Å². The summed E-state index contributed by atoms with van der Waals surface area (Å²) in [6, 6.07) is 3.75. The van der Waals surface area contributed by atoms with E-state index in [-0.39, 0.29) is 36.8 Å². The Bertz CT molecular complexity index is 1160. The molecule has 3 fully saturated rings. The quantitative estimate of drug-likeness (QED) is 0.444. The van der Waals surface area contributed by atoms with Crippen molar-refractivity contribution in [1.82, 2.24) is 9.80 Å². The number of para-hydroxylation sites is 1. The van der Waals surface area contributed by atoms with Gasteiger partial charge in [0.2, 0.25) is 11.8 Å². The number of carbonyl (C=O) groups excluding carboxylic acids is 3. The van der Waals surface area contributed by atoms with Crippen molar-refractivity contribution in [3.8, 4) is 0 Å². The van der Waals surface area contributed by atoms with Crippen LogP contribution in [0.25, 0.3) is 0 Å². The predicted octanol–water partition coefficient (Wildman–Crippen LogP) is 3.59. The number of anilines is 1. The van der Waals surface area contributed by atoms with Crippen LogP contribution in [-0.4, -0.2) is 82.7 Å². The SMILES string of the molecule is C=CCN(C)C(=O)[C@H]1[C@H]2C(=O)N([C@@H](CC)CO)C(C(=O)N(CC=C)c3c(C)cccc3Cl)C23CC(C)[C@]1(C)O3. The molecule has 0 saturated carbocycles. The third kappa shape index (κ3) is 4.23. The third-order valence-electron chi connectivity index (χ3n) is 9.14. The Balaban J connectivity index is 1.91. The van der Waals surface area contributed by atoms with Gasteiger partial charge in [-0.2, -0.15) is 0 Å². The standard InChI is InChI=1S/C30H40ClN3O5/c1-8-14-32(7)26(36)22-23-27(37)34(20(10-3)17-35)25(30(23)16-19(5)29(22,6)39-30)28(38)33(15-9-2)24-18(4)12-11-13-21(24)31/h8-9,11-13,19-20,22-23,25,35H,1-2,10,14-17H2,3-7H3/t19?,20-,22+,23-,25?,29-,30?/m0/s1. The van der Waals surface area contributed by atoms with Crippen molar-refractivity contribution < 1.29 is 24.2 Å². The Hall–Kier alpha value is -2.68. The van der Waals surface area contributed by atoms with Crippen LogP contribution >= 0.6 is 11.6 Å². The summed E-state index contributed by atoms with van der Waals surface area (Å²) in [6.07, 6.45) is 4.13. The predicted molar refractivity (Wildman–Crippen MR) is 151 cm³/mol. The number of benzene rings is 1. The molecule has 4 rings (SSSR count). The van der Waals surface area contributed by atoms with E-state index in [0.717, 1.165) is 5.56 Å². The fourth-order valence-corrected chi connectivity index (χ4v) is 7.52. The molecule has 3 aliphatic rings. The fourth-order valence-electron chi connectivity index (χ4n) is 7.19. The summed E-state index contributed by atoms with van der Waals surface area (Å²) in [6.45, 7) is 15.4. The molecule has 7 atom stereocenters. The number of amides is 3. The highest BCUT2D eigenvalue weighted by atomic mass is 35.5. The summed E-state index contributed by atoms with van der Waals surface area (Å²) in [5.41, 5.74) is -0.817. The zero-order valence-corrected chi connectivity index (χ0v) is 24.3. The normalized spacial score (nSPS) is 31.7. The Morgan fingerprint density at radius 3 is 2.51 bits per heavy atom. The first-order valence-corrected chi connectivity index (χ1v) is 14.0. The lowest BCUT2D eigenvalue weighted by molar-refractivity contribution is -0.153. The van der Waals surface area contributed by atoms with Gasteiger partial charge >= 0.3 is 0 Å². The van der Waals surface area contributed by atoms with E-state index in [1.807, 2.05) is 39.8 Å². The number of likely N-dealkylation sites (N-methyl/N-ethyl adjacent to an activating group) is 1. The molecule has 39 heavy (non-hydrogen) atoms. The Morgan fingerprint density at radius 2 is 1.95 bits per heavy atom. The van der Waals surface area contributed by atoms with E-state index in [1.54, 1.807) is 35.1 Å². The summed E-state index contributed by atoms with van der Waals surface area (Å²) < 4.78 is 6.82. The van der Waals surface area contributed by atoms with Crippen LogP contribution < -0.4 is 4.90 Å². The molecule has 3 heterocycles. The molecule has 1 aromatic rings. The monoisotopic (exact) mass is 557 g/mol. The van der Waals surface area contributed by atoms with Gasteiger partial charge in [0.05, 0.1) is 40.8 Å². The molecule has 3 aliphatic heterocycles. The molecule has 2 bridgehead atoms. The van der Waals surface area contributed by atoms with Crippen LogP contribution in [0, 0.1) is 24.7 Å². The van der Waals surface area contributed by atoms with Gasteiger partial charge < -0.3 is 24.5 Å². The van der Waals surface area contributed by atoms with Gasteiger partial charge in [-0.3, -0.25) is 14.4 Å². The average molecular weight is 558 g/mol. The van der Waals surface area contributed by atoms with Gasteiger partial charge in [0.1, 0.15) is 11.6 Å². The van der Waals surface area contributed by atoms with Crippen LogP contribution in [0.3, 0.4) is 0 Å². The van der Waals surface area contributed by atoms with E-state index >= 15 is 0 Å². The van der Waals surface area contributed by atoms with Crippen molar-refractivity contribution >= 4 is 35.0 Å². The highest BCUT2D eigenvalue weighted by Gasteiger charge is 2.80. The maximum Gasteiger partial charge on any atom is 0.253 e. The highest BCUT2D eigenvalue weighted by molar-refractivity contribution is 6.34. The molecule has 1 aromatic carbocycles. The molecule has 3 saturated heterocycles. The number of likely N-dealkylation sites (tertiary alicyclic amines) is 1. The molecule has 0 radical (unpaired) electrons. The van der Waals surface area contributed by atoms with Crippen LogP contribution in [0.2, 0.25) is 5.02 Å². The Morgan fingerprint density at radius 1 is 1.28 bits per heavy atom. The number of carbonyl (C=O) groups is 3. The minimum Gasteiger partial charge on any atom is -0.394 e. The summed E-state index contributed by atoms with van der Waals surface area (Å²) in [4.78, 5) is 47.6. The number of aliphatic hydroxyl groups is 1. The van der Waals surface area contributed by atoms with Gasteiger partial charge in [-0.25, -0.2) is 0 Å². The van der Waals surface area contributed by atoms with Crippen LogP contribution in [-0.2, 0) is 19.1 Å². The largest absolute Gasteiger partial charge is 0.394 e. The van der Waals surface area contributed by atoms with Gasteiger partial charge in [-0.05, 0) is 44.2 Å². The summed E-state index contributed by atoms with van der Waals surface area (Å²) in [5.74, 6) is -2.62. The Kier molecular flexibility index (Phi) is 8.05. The molecular formula is C30H40ClN3O5. The average Bonchev–Trinajstić information content (AvgIpc) is 3.40. The van der Waals surface area contributed by atoms with Gasteiger partial charge in [-0.15, -0.1) is 13.2 Å². The molecule has 1 spiro atoms. The number of ether oxygens (including phenoxy) is 1. The Labute approximate surface area is 236 Å². The number of aryl methyl sites for hydroxylation is 1. The number of halogens is 1. The number of fused-ring (bicyclic) bond motifs is 1. The zero-order chi connectivity index (χ0) is 28.9. The summed E-state index contributed by atoms with van der Waals surface area (Å²) >= 11 is 6.62. The lowest BCUT2D eigenvalue weighted by Crippen LogP contribution is -2.59. The summed E-state index contributed by atoms with van der Waals surface area (Å²) in [5, 5.41) is 10.7. The van der Waals surface area contributed by atoms with Crippen molar-refractivity contribution in [3.63, 3.8) is 0 Å². The van der Waals surface area contributed by atoms with Crippen molar-refractivity contribution in [2.75, 3.05) is 31.6 Å². The second-order valence-electron chi connectivity index (χ2n) is 11.3. The minimum absolute atomic E-state index is 0.0908. The topological polar surface area (TPSA) is 90.4 Å². The molecular weight excluding hydrogens is 518 g/mol. The second kappa shape index (κ2) is 10.7. The maximum atomic E-state index is 14.7. The molecule has 0 aliphatic carbocycles. The van der Waals surface area contributed by atoms with E-state index in [0.29, 0.717) is 30.1 Å². The first kappa shape index (κ1) is 29.3. The molecule has 1 N–H and O–H groups in total. The highest BCUT2D eigenvalue weighted by Crippen LogP contribution is 2.66. The third-order valence-corrected chi connectivity index (χ3v) is 9.45. The number of nitrogens with zero attached hydrogens (tertiary/aromatic N) is 3.